The minimum absolute atomic E-state index is 0.0367. The van der Waals surface area contributed by atoms with Gasteiger partial charge < -0.3 is 0 Å². The van der Waals surface area contributed by atoms with Gasteiger partial charge in [-0.1, -0.05) is 270 Å². The summed E-state index contributed by atoms with van der Waals surface area (Å²) in [4.78, 5) is 54.2. The van der Waals surface area contributed by atoms with E-state index < -0.39 is 0 Å². The zero-order valence-electron chi connectivity index (χ0n) is 68.8. The number of nitrogens with zero attached hydrogens (tertiary/aromatic N) is 2. The maximum Gasteiger partial charge on any atom is 0.266 e. The largest absolute Gasteiger partial charge is 0.293 e. The maximum absolute atomic E-state index is 13.6. The second-order valence-electron chi connectivity index (χ2n) is 31.0. The summed E-state index contributed by atoms with van der Waals surface area (Å²) in [6.45, 7) is 24.1. The predicted octanol–water partition coefficient (Wildman–Crippen LogP) is 35.2. The summed E-state index contributed by atoms with van der Waals surface area (Å²) in [6, 6.07) is 25.2. The first-order chi connectivity index (χ1) is 54.8. The standard InChI is InChI=1S/C94H124N2O2S14/c1-11-21-27-31-35-39-45-65-53-69(57-81-91(97)95(19-9)93(99)111-81)103-83(65)73-49-51-75(105-73)85-67(47-41-37-33-29-23-13-3)55-77(107-85)79-59-71-87(101-61-63(17-7)43-25-15-5)90-72(88(89(71)109-79)102-62-64(18-8)44-26-16-6)60-80(110-90)78-56-68(48-42-38-34-30-24-14-4)86(108-78)76-52-50-74(106-76)84-66(46-40-36-32-28-22-12-2)54-70(104-84)58-82-92(98)96(20-10)94(100)112-82/h49-60,63-64H,11-48,61-62H2,1-10H3/b81-57-,82-58+. The van der Waals surface area contributed by atoms with Crippen molar-refractivity contribution < 1.29 is 9.59 Å². The van der Waals surface area contributed by atoms with Gasteiger partial charge in [-0.2, -0.15) is 0 Å². The van der Waals surface area contributed by atoms with Crippen LogP contribution in [-0.4, -0.2) is 54.9 Å². The third-order valence-corrected chi connectivity index (χ3v) is 38.3. The fraction of sp³-hybridized carbons (Fsp3) is 0.553. The van der Waals surface area contributed by atoms with Crippen LogP contribution >= 0.6 is 162 Å². The molecular formula is C94H124N2O2S14. The molecule has 112 heavy (non-hydrogen) atoms. The van der Waals surface area contributed by atoms with E-state index in [1.54, 1.807) is 9.80 Å². The van der Waals surface area contributed by atoms with Crippen molar-refractivity contribution in [3.05, 3.63) is 102 Å². The molecule has 18 heteroatoms. The van der Waals surface area contributed by atoms with Gasteiger partial charge in [-0.15, -0.1) is 114 Å². The van der Waals surface area contributed by atoms with Crippen LogP contribution in [-0.2, 0) is 35.3 Å². The first-order valence-electron chi connectivity index (χ1n) is 43.3. The van der Waals surface area contributed by atoms with Crippen LogP contribution in [0.15, 0.2) is 80.3 Å². The van der Waals surface area contributed by atoms with Crippen molar-refractivity contribution in [2.45, 2.75) is 310 Å². The summed E-state index contributed by atoms with van der Waals surface area (Å²) in [5, 5.41) is 2.94. The van der Waals surface area contributed by atoms with Crippen LogP contribution in [0.3, 0.4) is 0 Å². The highest BCUT2D eigenvalue weighted by Gasteiger charge is 2.34. The quantitative estimate of drug-likeness (QED) is 0.0162. The minimum Gasteiger partial charge on any atom is -0.293 e. The van der Waals surface area contributed by atoms with Gasteiger partial charge in [-0.25, -0.2) is 0 Å². The molecule has 0 spiro atoms. The number of unbranched alkanes of at least 4 members (excludes halogenated alkanes) is 22. The molecule has 2 unspecified atom stereocenters. The lowest BCUT2D eigenvalue weighted by Crippen LogP contribution is -2.27. The fourth-order valence-corrected chi connectivity index (χ4v) is 31.6. The Morgan fingerprint density at radius 2 is 0.652 bits per heavy atom. The summed E-state index contributed by atoms with van der Waals surface area (Å²) < 4.78 is 4.31. The lowest BCUT2D eigenvalue weighted by molar-refractivity contribution is -0.122. The molecule has 0 radical (unpaired) electrons. The number of thioether (sulfide) groups is 4. The molecule has 606 valence electrons. The molecule has 2 fully saturated rings. The Balaban J connectivity index is 1.01. The summed E-state index contributed by atoms with van der Waals surface area (Å²) in [5.74, 6) is 3.68. The number of aryl methyl sites for hydroxylation is 4. The van der Waals surface area contributed by atoms with Crippen molar-refractivity contribution in [2.24, 2.45) is 11.8 Å². The molecule has 0 N–H and O–H groups in total. The second-order valence-corrected chi connectivity index (χ2v) is 45.0. The van der Waals surface area contributed by atoms with Crippen molar-refractivity contribution in [1.29, 1.82) is 0 Å². The van der Waals surface area contributed by atoms with Gasteiger partial charge in [-0.3, -0.25) is 19.4 Å². The highest BCUT2D eigenvalue weighted by molar-refractivity contribution is 8.27. The number of thiocarbonyl (C=S) groups is 2. The van der Waals surface area contributed by atoms with Crippen LogP contribution in [0.1, 0.15) is 307 Å². The van der Waals surface area contributed by atoms with Gasteiger partial charge in [0.1, 0.15) is 8.64 Å². The van der Waals surface area contributed by atoms with Crippen molar-refractivity contribution in [3.8, 4) is 58.5 Å². The average molecular weight is 1760 g/mol. The topological polar surface area (TPSA) is 40.6 Å². The molecule has 9 aromatic rings. The summed E-state index contributed by atoms with van der Waals surface area (Å²) in [6.07, 6.45) is 49.1. The Hall–Kier alpha value is -2.66. The van der Waals surface area contributed by atoms with Gasteiger partial charge in [0, 0.05) is 113 Å². The van der Waals surface area contributed by atoms with E-state index in [1.165, 1.54) is 340 Å². The number of fused-ring (bicyclic) bond motifs is 2. The number of amides is 2. The number of likely N-dealkylation sites (N-methyl/N-ethyl adjacent to an activating group) is 2. The van der Waals surface area contributed by atoms with Crippen molar-refractivity contribution in [3.63, 3.8) is 0 Å². The molecule has 4 nitrogen and oxygen atoms in total. The molecule has 2 aliphatic heterocycles. The highest BCUT2D eigenvalue weighted by Crippen LogP contribution is 2.57. The molecule has 2 atom stereocenters. The zero-order chi connectivity index (χ0) is 78.9. The highest BCUT2D eigenvalue weighted by atomic mass is 32.2. The lowest BCUT2D eigenvalue weighted by atomic mass is 10.0. The minimum atomic E-state index is 0.0367. The molecule has 2 amide bonds. The van der Waals surface area contributed by atoms with Gasteiger partial charge >= 0.3 is 0 Å². The van der Waals surface area contributed by atoms with E-state index in [2.05, 4.69) is 197 Å². The fourth-order valence-electron chi connectivity index (χ4n) is 15.5. The molecule has 8 aromatic heterocycles. The molecule has 1 aromatic carbocycles. The zero-order valence-corrected chi connectivity index (χ0v) is 80.2. The first kappa shape index (κ1) is 90.1. The van der Waals surface area contributed by atoms with Crippen molar-refractivity contribution in [2.75, 3.05) is 24.6 Å². The van der Waals surface area contributed by atoms with E-state index in [-0.39, 0.29) is 11.8 Å². The summed E-state index contributed by atoms with van der Waals surface area (Å²) in [7, 11) is 0. The summed E-state index contributed by atoms with van der Waals surface area (Å²) >= 11 is 34.6. The van der Waals surface area contributed by atoms with Crippen LogP contribution in [0.4, 0.5) is 0 Å². The van der Waals surface area contributed by atoms with Crippen molar-refractivity contribution >= 4 is 215 Å². The SMILES string of the molecule is CCCCCCCCc1cc(/C=C2\SC(=S)N(CC)C2=O)sc1-c1ccc(-c2sc(-c3cc4c(SCC(CC)CCCC)c5sc(-c6cc(CCCCCCCC)c(-c7ccc(-c8sc(/C=C9/SC(=S)N(CC)C9=O)cc8CCCCCCCC)s7)s6)cc5c(SCC(CC)CCCC)c4s3)cc2CCCCCCCC)s1. The van der Waals surface area contributed by atoms with E-state index in [0.29, 0.717) is 33.6 Å². The van der Waals surface area contributed by atoms with E-state index >= 15 is 0 Å². The van der Waals surface area contributed by atoms with Crippen LogP contribution < -0.4 is 0 Å². The molecular weight excluding hydrogens is 1640 g/mol. The number of rotatable bonds is 52. The number of hydrogen-bond acceptors (Lipinski definition) is 16. The predicted molar refractivity (Wildman–Crippen MR) is 525 cm³/mol. The van der Waals surface area contributed by atoms with Gasteiger partial charge in [0.25, 0.3) is 11.8 Å². The third kappa shape index (κ3) is 23.9. The molecule has 11 rings (SSSR count). The smallest absolute Gasteiger partial charge is 0.266 e. The van der Waals surface area contributed by atoms with Gasteiger partial charge in [0.15, 0.2) is 0 Å². The molecule has 2 saturated heterocycles. The Morgan fingerprint density at radius 1 is 0.348 bits per heavy atom. The monoisotopic (exact) mass is 1760 g/mol. The van der Waals surface area contributed by atoms with E-state index in [0.717, 1.165) is 56.8 Å². The van der Waals surface area contributed by atoms with Crippen LogP contribution in [0.25, 0.3) is 90.9 Å². The van der Waals surface area contributed by atoms with Crippen LogP contribution in [0, 0.1) is 11.8 Å². The summed E-state index contributed by atoms with van der Waals surface area (Å²) in [5.41, 5.74) is 5.85. The number of hydrogen-bond donors (Lipinski definition) is 0. The van der Waals surface area contributed by atoms with Crippen molar-refractivity contribution in [1.82, 2.24) is 9.80 Å². The molecule has 0 aliphatic carbocycles. The van der Waals surface area contributed by atoms with Crippen LogP contribution in [0.2, 0.25) is 0 Å². The molecule has 0 saturated carbocycles. The third-order valence-electron chi connectivity index (χ3n) is 22.4. The number of benzene rings is 1. The van der Waals surface area contributed by atoms with Gasteiger partial charge in [0.05, 0.1) is 19.2 Å². The molecule has 2 aliphatic rings. The van der Waals surface area contributed by atoms with Gasteiger partial charge in [-0.05, 0) is 185 Å². The van der Waals surface area contributed by atoms with Gasteiger partial charge in [0.2, 0.25) is 0 Å². The molecule has 0 bridgehead atoms. The molecule has 10 heterocycles. The normalized spacial score (nSPS) is 14.9. The first-order valence-corrected chi connectivity index (χ1v) is 54.2. The second kappa shape index (κ2) is 46.8. The van der Waals surface area contributed by atoms with Crippen LogP contribution in [0.5, 0.6) is 0 Å². The van der Waals surface area contributed by atoms with E-state index in [1.807, 2.05) is 59.2 Å². The lowest BCUT2D eigenvalue weighted by Gasteiger charge is -2.17. The average Bonchev–Trinajstić information content (AvgIpc) is 1.58. The van der Waals surface area contributed by atoms with E-state index in [4.69, 9.17) is 24.4 Å². The Morgan fingerprint density at radius 3 is 0.964 bits per heavy atom. The Kier molecular flexibility index (Phi) is 37.6. The number of carbonyl (C=O) groups is 2. The maximum atomic E-state index is 13.6. The number of carbonyl (C=O) groups excluding carboxylic acids is 2. The Labute approximate surface area is 734 Å². The van der Waals surface area contributed by atoms with E-state index in [9.17, 15) is 9.59 Å². The number of thiophene rings is 8. The Bertz CT molecular complexity index is 4230.